The monoisotopic (exact) mass is 208 g/mol. The fourth-order valence-corrected chi connectivity index (χ4v) is 3.92. The molecule has 2 aliphatic rings. The Bertz CT molecular complexity index is 277. The van der Waals surface area contributed by atoms with E-state index in [1.165, 1.54) is 31.3 Å². The SMILES string of the molecule is COCC1=C[C@]2(C)CCCC(C)(C)[C@@H]2C1. The summed E-state index contributed by atoms with van der Waals surface area (Å²) in [7, 11) is 1.80. The summed E-state index contributed by atoms with van der Waals surface area (Å²) in [4.78, 5) is 0. The van der Waals surface area contributed by atoms with Crippen LogP contribution in [-0.2, 0) is 4.74 Å². The van der Waals surface area contributed by atoms with Gasteiger partial charge in [0.05, 0.1) is 6.61 Å². The van der Waals surface area contributed by atoms with Gasteiger partial charge in [0.1, 0.15) is 0 Å². The lowest BCUT2D eigenvalue weighted by Gasteiger charge is -2.47. The van der Waals surface area contributed by atoms with Crippen LogP contribution >= 0.6 is 0 Å². The number of ether oxygens (including phenoxy) is 1. The maximum Gasteiger partial charge on any atom is 0.0673 e. The molecule has 2 rings (SSSR count). The molecule has 0 aromatic heterocycles. The van der Waals surface area contributed by atoms with Gasteiger partial charge in [-0.2, -0.15) is 0 Å². The summed E-state index contributed by atoms with van der Waals surface area (Å²) in [6, 6.07) is 0. The van der Waals surface area contributed by atoms with Gasteiger partial charge in [-0.3, -0.25) is 0 Å². The Labute approximate surface area is 93.9 Å². The molecule has 0 amide bonds. The summed E-state index contributed by atoms with van der Waals surface area (Å²) in [5.74, 6) is 0.837. The minimum atomic E-state index is 0.454. The second-order valence-electron chi connectivity index (χ2n) is 6.34. The molecule has 1 saturated carbocycles. The van der Waals surface area contributed by atoms with Gasteiger partial charge in [-0.25, -0.2) is 0 Å². The second kappa shape index (κ2) is 3.62. The van der Waals surface area contributed by atoms with E-state index in [0.29, 0.717) is 10.8 Å². The van der Waals surface area contributed by atoms with E-state index < -0.39 is 0 Å². The molecule has 1 heteroatoms. The standard InChI is InChI=1S/C14H24O/c1-13(2)6-5-7-14(3)9-11(10-15-4)8-12(13)14/h9,12H,5-8,10H2,1-4H3/t12-,14-/m0/s1. The van der Waals surface area contributed by atoms with E-state index in [2.05, 4.69) is 26.8 Å². The molecule has 86 valence electrons. The predicted octanol–water partition coefficient (Wildman–Crippen LogP) is 3.80. The van der Waals surface area contributed by atoms with Crippen LogP contribution in [0.25, 0.3) is 0 Å². The molecule has 0 aromatic rings. The zero-order valence-electron chi connectivity index (χ0n) is 10.6. The van der Waals surface area contributed by atoms with Gasteiger partial charge in [-0.1, -0.05) is 33.3 Å². The van der Waals surface area contributed by atoms with Crippen molar-refractivity contribution in [1.29, 1.82) is 0 Å². The fraction of sp³-hybridized carbons (Fsp3) is 0.857. The van der Waals surface area contributed by atoms with Gasteiger partial charge in [0.25, 0.3) is 0 Å². The minimum Gasteiger partial charge on any atom is -0.380 e. The van der Waals surface area contributed by atoms with Crippen LogP contribution in [0.4, 0.5) is 0 Å². The zero-order valence-corrected chi connectivity index (χ0v) is 10.6. The molecule has 0 bridgehead atoms. The normalized spacial score (nSPS) is 38.7. The second-order valence-corrected chi connectivity index (χ2v) is 6.34. The molecule has 15 heavy (non-hydrogen) atoms. The summed E-state index contributed by atoms with van der Waals surface area (Å²) in [5.41, 5.74) is 2.49. The van der Waals surface area contributed by atoms with E-state index >= 15 is 0 Å². The zero-order chi connectivity index (χ0) is 11.1. The smallest absolute Gasteiger partial charge is 0.0673 e. The van der Waals surface area contributed by atoms with Crippen molar-refractivity contribution in [2.75, 3.05) is 13.7 Å². The molecule has 0 unspecified atom stereocenters. The molecule has 0 heterocycles. The average Bonchev–Trinajstić information content (AvgIpc) is 2.43. The molecule has 1 nitrogen and oxygen atoms in total. The Morgan fingerprint density at radius 1 is 1.33 bits per heavy atom. The largest absolute Gasteiger partial charge is 0.380 e. The molecule has 2 atom stereocenters. The highest BCUT2D eigenvalue weighted by atomic mass is 16.5. The van der Waals surface area contributed by atoms with Crippen LogP contribution in [0.1, 0.15) is 46.5 Å². The van der Waals surface area contributed by atoms with Gasteiger partial charge < -0.3 is 4.74 Å². The Balaban J connectivity index is 2.20. The van der Waals surface area contributed by atoms with Gasteiger partial charge in [0, 0.05) is 7.11 Å². The summed E-state index contributed by atoms with van der Waals surface area (Å²) >= 11 is 0. The number of fused-ring (bicyclic) bond motifs is 1. The van der Waals surface area contributed by atoms with E-state index in [-0.39, 0.29) is 0 Å². The summed E-state index contributed by atoms with van der Waals surface area (Å²) in [6.07, 6.45) is 7.92. The van der Waals surface area contributed by atoms with Gasteiger partial charge in [0.2, 0.25) is 0 Å². The van der Waals surface area contributed by atoms with E-state index in [1.807, 2.05) is 0 Å². The molecule has 0 radical (unpaired) electrons. The highest BCUT2D eigenvalue weighted by Gasteiger charge is 2.48. The van der Waals surface area contributed by atoms with Gasteiger partial charge in [-0.05, 0) is 41.6 Å². The van der Waals surface area contributed by atoms with Gasteiger partial charge in [0.15, 0.2) is 0 Å². The molecule has 0 aromatic carbocycles. The molecule has 1 fully saturated rings. The van der Waals surface area contributed by atoms with Crippen LogP contribution in [0.15, 0.2) is 11.6 Å². The molecule has 0 N–H and O–H groups in total. The molecule has 0 spiro atoms. The molecular formula is C14H24O. The first-order valence-electron chi connectivity index (χ1n) is 6.17. The molecular weight excluding hydrogens is 184 g/mol. The number of allylic oxidation sites excluding steroid dienone is 1. The third-order valence-electron chi connectivity index (χ3n) is 4.61. The Morgan fingerprint density at radius 3 is 2.67 bits per heavy atom. The van der Waals surface area contributed by atoms with Crippen molar-refractivity contribution in [2.24, 2.45) is 16.7 Å². The van der Waals surface area contributed by atoms with Crippen LogP contribution in [0.3, 0.4) is 0 Å². The average molecular weight is 208 g/mol. The van der Waals surface area contributed by atoms with Crippen molar-refractivity contribution in [3.63, 3.8) is 0 Å². The quantitative estimate of drug-likeness (QED) is 0.627. The van der Waals surface area contributed by atoms with E-state index in [0.717, 1.165) is 12.5 Å². The van der Waals surface area contributed by atoms with Crippen molar-refractivity contribution in [3.05, 3.63) is 11.6 Å². The van der Waals surface area contributed by atoms with Gasteiger partial charge >= 0.3 is 0 Å². The number of methoxy groups -OCH3 is 1. The lowest BCUT2D eigenvalue weighted by molar-refractivity contribution is 0.0471. The van der Waals surface area contributed by atoms with Crippen LogP contribution in [0, 0.1) is 16.7 Å². The summed E-state index contributed by atoms with van der Waals surface area (Å²) in [6.45, 7) is 8.17. The van der Waals surface area contributed by atoms with Crippen molar-refractivity contribution in [3.8, 4) is 0 Å². The Hall–Kier alpha value is -0.300. The van der Waals surface area contributed by atoms with Gasteiger partial charge in [-0.15, -0.1) is 0 Å². The Morgan fingerprint density at radius 2 is 2.07 bits per heavy atom. The number of hydrogen-bond acceptors (Lipinski definition) is 1. The first-order chi connectivity index (χ1) is 6.98. The first kappa shape index (κ1) is 11.2. The van der Waals surface area contributed by atoms with Crippen molar-refractivity contribution >= 4 is 0 Å². The van der Waals surface area contributed by atoms with E-state index in [1.54, 1.807) is 7.11 Å². The summed E-state index contributed by atoms with van der Waals surface area (Å²) < 4.78 is 5.28. The minimum absolute atomic E-state index is 0.454. The van der Waals surface area contributed by atoms with Crippen LogP contribution in [0.5, 0.6) is 0 Å². The maximum atomic E-state index is 5.28. The third-order valence-corrected chi connectivity index (χ3v) is 4.61. The maximum absolute atomic E-state index is 5.28. The lowest BCUT2D eigenvalue weighted by Crippen LogP contribution is -2.38. The Kier molecular flexibility index (Phi) is 2.70. The van der Waals surface area contributed by atoms with Crippen molar-refractivity contribution in [2.45, 2.75) is 46.5 Å². The lowest BCUT2D eigenvalue weighted by atomic mass is 9.58. The highest BCUT2D eigenvalue weighted by Crippen LogP contribution is 2.57. The van der Waals surface area contributed by atoms with Crippen LogP contribution in [0.2, 0.25) is 0 Å². The first-order valence-corrected chi connectivity index (χ1v) is 6.17. The summed E-state index contributed by atoms with van der Waals surface area (Å²) in [5, 5.41) is 0. The van der Waals surface area contributed by atoms with Crippen LogP contribution in [-0.4, -0.2) is 13.7 Å². The molecule has 0 saturated heterocycles. The van der Waals surface area contributed by atoms with Crippen molar-refractivity contribution < 1.29 is 4.74 Å². The fourth-order valence-electron chi connectivity index (χ4n) is 3.92. The number of rotatable bonds is 2. The third kappa shape index (κ3) is 1.87. The van der Waals surface area contributed by atoms with Crippen LogP contribution < -0.4 is 0 Å². The topological polar surface area (TPSA) is 9.23 Å². The van der Waals surface area contributed by atoms with E-state index in [9.17, 15) is 0 Å². The van der Waals surface area contributed by atoms with E-state index in [4.69, 9.17) is 4.74 Å². The highest BCUT2D eigenvalue weighted by molar-refractivity contribution is 5.22. The number of hydrogen-bond donors (Lipinski definition) is 0. The molecule has 0 aliphatic heterocycles. The van der Waals surface area contributed by atoms with Crippen molar-refractivity contribution in [1.82, 2.24) is 0 Å². The molecule has 2 aliphatic carbocycles. The predicted molar refractivity (Wildman–Crippen MR) is 63.8 cm³/mol.